The molecule has 0 saturated carbocycles. The van der Waals surface area contributed by atoms with E-state index in [9.17, 15) is 5.11 Å². The van der Waals surface area contributed by atoms with Crippen LogP contribution in [0.25, 0.3) is 0 Å². The summed E-state index contributed by atoms with van der Waals surface area (Å²) >= 11 is 5.89. The molecular formula is C17H17ClO. The zero-order valence-corrected chi connectivity index (χ0v) is 11.7. The molecule has 0 fully saturated rings. The van der Waals surface area contributed by atoms with Gasteiger partial charge in [0.25, 0.3) is 0 Å². The quantitative estimate of drug-likeness (QED) is 0.768. The Balaban J connectivity index is 2.07. The van der Waals surface area contributed by atoms with Crippen molar-refractivity contribution in [3.63, 3.8) is 0 Å². The zero-order chi connectivity index (χ0) is 13.4. The van der Waals surface area contributed by atoms with E-state index < -0.39 is 0 Å². The minimum absolute atomic E-state index is 0.176. The van der Waals surface area contributed by atoms with Gasteiger partial charge in [-0.25, -0.2) is 0 Å². The molecule has 2 unspecified atom stereocenters. The highest BCUT2D eigenvalue weighted by Crippen LogP contribution is 2.43. The molecule has 0 aromatic heterocycles. The second kappa shape index (κ2) is 4.90. The molecule has 98 valence electrons. The Hall–Kier alpha value is -1.47. The van der Waals surface area contributed by atoms with Crippen LogP contribution in [0.3, 0.4) is 0 Å². The Morgan fingerprint density at radius 1 is 1.05 bits per heavy atom. The fourth-order valence-electron chi connectivity index (χ4n) is 3.10. The van der Waals surface area contributed by atoms with Crippen molar-refractivity contribution in [2.75, 3.05) is 0 Å². The number of hydrogen-bond donors (Lipinski definition) is 1. The van der Waals surface area contributed by atoms with E-state index in [0.29, 0.717) is 16.9 Å². The van der Waals surface area contributed by atoms with Crippen LogP contribution in [0, 0.1) is 0 Å². The molecule has 0 saturated heterocycles. The first-order chi connectivity index (χ1) is 9.16. The maximum atomic E-state index is 9.80. The molecule has 19 heavy (non-hydrogen) atoms. The van der Waals surface area contributed by atoms with Crippen molar-refractivity contribution in [3.05, 3.63) is 64.2 Å². The van der Waals surface area contributed by atoms with E-state index in [0.717, 1.165) is 12.0 Å². The summed E-state index contributed by atoms with van der Waals surface area (Å²) in [4.78, 5) is 0. The van der Waals surface area contributed by atoms with Crippen LogP contribution in [0.5, 0.6) is 5.75 Å². The molecule has 2 aromatic rings. The van der Waals surface area contributed by atoms with E-state index in [1.807, 2.05) is 6.07 Å². The van der Waals surface area contributed by atoms with Gasteiger partial charge in [0.05, 0.1) is 5.02 Å². The highest BCUT2D eigenvalue weighted by molar-refractivity contribution is 6.32. The van der Waals surface area contributed by atoms with Crippen molar-refractivity contribution in [1.29, 1.82) is 0 Å². The Morgan fingerprint density at radius 2 is 1.79 bits per heavy atom. The van der Waals surface area contributed by atoms with Crippen molar-refractivity contribution < 1.29 is 5.11 Å². The number of phenolic OH excluding ortho intramolecular Hbond substituents is 1. The third kappa shape index (κ3) is 2.23. The van der Waals surface area contributed by atoms with Crippen molar-refractivity contribution in [3.8, 4) is 5.75 Å². The van der Waals surface area contributed by atoms with Crippen molar-refractivity contribution in [2.45, 2.75) is 31.6 Å². The zero-order valence-electron chi connectivity index (χ0n) is 10.9. The fraction of sp³-hybridized carbons (Fsp3) is 0.294. The Bertz CT molecular complexity index is 606. The van der Waals surface area contributed by atoms with Crippen LogP contribution in [-0.2, 0) is 0 Å². The first-order valence-electron chi connectivity index (χ1n) is 6.74. The first-order valence-corrected chi connectivity index (χ1v) is 7.12. The van der Waals surface area contributed by atoms with Crippen LogP contribution in [0.4, 0.5) is 0 Å². The van der Waals surface area contributed by atoms with Crippen LogP contribution in [0.2, 0.25) is 5.02 Å². The Morgan fingerprint density at radius 3 is 2.53 bits per heavy atom. The van der Waals surface area contributed by atoms with Crippen molar-refractivity contribution >= 4 is 11.6 Å². The lowest BCUT2D eigenvalue weighted by atomic mass is 9.75. The SMILES string of the molecule is CC1CCC(c2ccc(Cl)c(O)c2)c2ccccc21. The van der Waals surface area contributed by atoms with E-state index >= 15 is 0 Å². The molecule has 0 spiro atoms. The van der Waals surface area contributed by atoms with E-state index in [1.165, 1.54) is 17.5 Å². The maximum Gasteiger partial charge on any atom is 0.134 e. The van der Waals surface area contributed by atoms with Crippen molar-refractivity contribution in [2.24, 2.45) is 0 Å². The van der Waals surface area contributed by atoms with Crippen LogP contribution >= 0.6 is 11.6 Å². The van der Waals surface area contributed by atoms with Crippen LogP contribution in [0.1, 0.15) is 48.3 Å². The average molecular weight is 273 g/mol. The highest BCUT2D eigenvalue weighted by Gasteiger charge is 2.25. The van der Waals surface area contributed by atoms with Gasteiger partial charge in [-0.1, -0.05) is 48.9 Å². The molecule has 1 nitrogen and oxygen atoms in total. The van der Waals surface area contributed by atoms with Gasteiger partial charge in [0, 0.05) is 5.92 Å². The number of rotatable bonds is 1. The summed E-state index contributed by atoms with van der Waals surface area (Å²) in [6.07, 6.45) is 2.31. The molecule has 0 heterocycles. The van der Waals surface area contributed by atoms with Gasteiger partial charge in [-0.15, -0.1) is 0 Å². The van der Waals surface area contributed by atoms with E-state index in [4.69, 9.17) is 11.6 Å². The average Bonchev–Trinajstić information content (AvgIpc) is 2.43. The number of fused-ring (bicyclic) bond motifs is 1. The Kier molecular flexibility index (Phi) is 3.24. The van der Waals surface area contributed by atoms with Gasteiger partial charge < -0.3 is 5.11 Å². The minimum atomic E-state index is 0.176. The monoisotopic (exact) mass is 272 g/mol. The topological polar surface area (TPSA) is 20.2 Å². The molecule has 2 aromatic carbocycles. The first kappa shape index (κ1) is 12.6. The number of aromatic hydroxyl groups is 1. The van der Waals surface area contributed by atoms with Gasteiger partial charge in [0.2, 0.25) is 0 Å². The molecular weight excluding hydrogens is 256 g/mol. The summed E-state index contributed by atoms with van der Waals surface area (Å²) < 4.78 is 0. The molecule has 0 aliphatic heterocycles. The van der Waals surface area contributed by atoms with E-state index in [1.54, 1.807) is 12.1 Å². The fourth-order valence-corrected chi connectivity index (χ4v) is 3.21. The second-order valence-electron chi connectivity index (χ2n) is 5.37. The summed E-state index contributed by atoms with van der Waals surface area (Å²) in [6, 6.07) is 14.3. The largest absolute Gasteiger partial charge is 0.506 e. The van der Waals surface area contributed by atoms with Gasteiger partial charge in [0.15, 0.2) is 0 Å². The number of halogens is 1. The van der Waals surface area contributed by atoms with Crippen LogP contribution in [-0.4, -0.2) is 5.11 Å². The number of phenols is 1. The van der Waals surface area contributed by atoms with Crippen LogP contribution in [0.15, 0.2) is 42.5 Å². The lowest BCUT2D eigenvalue weighted by Gasteiger charge is -2.30. The van der Waals surface area contributed by atoms with Gasteiger partial charge >= 0.3 is 0 Å². The molecule has 0 amide bonds. The van der Waals surface area contributed by atoms with Gasteiger partial charge in [-0.05, 0) is 47.6 Å². The third-order valence-electron chi connectivity index (χ3n) is 4.16. The molecule has 2 heteroatoms. The minimum Gasteiger partial charge on any atom is -0.506 e. The molecule has 1 N–H and O–H groups in total. The molecule has 0 bridgehead atoms. The summed E-state index contributed by atoms with van der Waals surface area (Å²) in [5.41, 5.74) is 3.98. The standard InChI is InChI=1S/C17H17ClO/c1-11-6-8-14(15-5-3-2-4-13(11)15)12-7-9-16(18)17(19)10-12/h2-5,7,9-11,14,19H,6,8H2,1H3. The summed E-state index contributed by atoms with van der Waals surface area (Å²) in [7, 11) is 0. The lowest BCUT2D eigenvalue weighted by molar-refractivity contribution is 0.473. The van der Waals surface area contributed by atoms with E-state index in [2.05, 4.69) is 31.2 Å². The highest BCUT2D eigenvalue weighted by atomic mass is 35.5. The van der Waals surface area contributed by atoms with Crippen LogP contribution < -0.4 is 0 Å². The van der Waals surface area contributed by atoms with Gasteiger partial charge in [-0.2, -0.15) is 0 Å². The lowest BCUT2D eigenvalue weighted by Crippen LogP contribution is -2.13. The summed E-state index contributed by atoms with van der Waals surface area (Å²) in [5, 5.41) is 10.2. The molecule has 1 aliphatic carbocycles. The second-order valence-corrected chi connectivity index (χ2v) is 5.78. The maximum absolute atomic E-state index is 9.80. The number of hydrogen-bond acceptors (Lipinski definition) is 1. The van der Waals surface area contributed by atoms with Crippen molar-refractivity contribution in [1.82, 2.24) is 0 Å². The Labute approximate surface area is 118 Å². The molecule has 0 radical (unpaired) electrons. The molecule has 2 atom stereocenters. The summed E-state index contributed by atoms with van der Waals surface area (Å²) in [5.74, 6) is 1.17. The molecule has 3 rings (SSSR count). The summed E-state index contributed by atoms with van der Waals surface area (Å²) in [6.45, 7) is 2.29. The van der Waals surface area contributed by atoms with Gasteiger partial charge in [-0.3, -0.25) is 0 Å². The number of benzene rings is 2. The smallest absolute Gasteiger partial charge is 0.134 e. The van der Waals surface area contributed by atoms with E-state index in [-0.39, 0.29) is 5.75 Å². The predicted molar refractivity (Wildman–Crippen MR) is 79.1 cm³/mol. The molecule has 1 aliphatic rings. The predicted octanol–water partition coefficient (Wildman–Crippen LogP) is 5.07. The normalized spacial score (nSPS) is 22.0. The van der Waals surface area contributed by atoms with Gasteiger partial charge in [0.1, 0.15) is 5.75 Å². The third-order valence-corrected chi connectivity index (χ3v) is 4.48.